The van der Waals surface area contributed by atoms with Gasteiger partial charge in [0.2, 0.25) is 0 Å². The van der Waals surface area contributed by atoms with Crippen LogP contribution >= 0.6 is 0 Å². The van der Waals surface area contributed by atoms with Crippen LogP contribution in [-0.4, -0.2) is 5.78 Å². The maximum atomic E-state index is 12.2. The molecule has 0 spiro atoms. The summed E-state index contributed by atoms with van der Waals surface area (Å²) in [6.07, 6.45) is 5.76. The third kappa shape index (κ3) is 2.20. The van der Waals surface area contributed by atoms with E-state index in [1.165, 1.54) is 6.42 Å². The quantitative estimate of drug-likeness (QED) is 0.745. The Hall–Kier alpha value is -1.57. The van der Waals surface area contributed by atoms with Gasteiger partial charge < -0.3 is 4.74 Å². The largest absolute Gasteiger partial charge is 0.489 e. The summed E-state index contributed by atoms with van der Waals surface area (Å²) in [6, 6.07) is 10.1. The van der Waals surface area contributed by atoms with Gasteiger partial charge in [-0.2, -0.15) is 0 Å². The van der Waals surface area contributed by atoms with Crippen LogP contribution in [0.15, 0.2) is 41.7 Å². The Morgan fingerprint density at radius 3 is 2.61 bits per heavy atom. The lowest BCUT2D eigenvalue weighted by Gasteiger charge is -2.27. The van der Waals surface area contributed by atoms with Crippen molar-refractivity contribution in [3.05, 3.63) is 47.2 Å². The lowest BCUT2D eigenvalue weighted by molar-refractivity contribution is -0.120. The number of hydrogen-bond donors (Lipinski definition) is 0. The van der Waals surface area contributed by atoms with E-state index in [0.29, 0.717) is 12.2 Å². The van der Waals surface area contributed by atoms with Gasteiger partial charge in [-0.05, 0) is 24.8 Å². The third-order valence-electron chi connectivity index (χ3n) is 3.83. The Morgan fingerprint density at radius 2 is 1.78 bits per heavy atom. The van der Waals surface area contributed by atoms with Gasteiger partial charge in [0.15, 0.2) is 5.78 Å². The van der Waals surface area contributed by atoms with E-state index in [4.69, 9.17) is 4.74 Å². The van der Waals surface area contributed by atoms with Crippen molar-refractivity contribution in [2.75, 3.05) is 0 Å². The summed E-state index contributed by atoms with van der Waals surface area (Å²) in [7, 11) is 0. The summed E-state index contributed by atoms with van der Waals surface area (Å²) in [5.74, 6) is 1.27. The van der Waals surface area contributed by atoms with Gasteiger partial charge in [-0.3, -0.25) is 4.79 Å². The summed E-state index contributed by atoms with van der Waals surface area (Å²) >= 11 is 0. The minimum Gasteiger partial charge on any atom is -0.489 e. The number of Topliss-reactive ketones (excluding diaryl/α,β-unsaturated/α-hetero) is 1. The van der Waals surface area contributed by atoms with Crippen LogP contribution in [0.2, 0.25) is 0 Å². The molecule has 1 aliphatic carbocycles. The lowest BCUT2D eigenvalue weighted by Crippen LogP contribution is -2.20. The van der Waals surface area contributed by atoms with E-state index in [9.17, 15) is 4.79 Å². The molecule has 0 N–H and O–H groups in total. The van der Waals surface area contributed by atoms with Crippen LogP contribution in [0.4, 0.5) is 0 Å². The average molecular weight is 242 g/mol. The predicted molar refractivity (Wildman–Crippen MR) is 70.0 cm³/mol. The van der Waals surface area contributed by atoms with Crippen molar-refractivity contribution in [1.29, 1.82) is 0 Å². The van der Waals surface area contributed by atoms with Gasteiger partial charge in [-0.15, -0.1) is 0 Å². The van der Waals surface area contributed by atoms with Gasteiger partial charge in [-0.25, -0.2) is 0 Å². The fraction of sp³-hybridized carbons (Fsp3) is 0.438. The molecule has 0 aromatic heterocycles. The molecule has 2 aliphatic rings. The zero-order valence-corrected chi connectivity index (χ0v) is 10.5. The fourth-order valence-corrected chi connectivity index (χ4v) is 2.84. The van der Waals surface area contributed by atoms with Crippen LogP contribution in [-0.2, 0) is 9.53 Å². The highest BCUT2D eigenvalue weighted by Crippen LogP contribution is 2.37. The van der Waals surface area contributed by atoms with Crippen molar-refractivity contribution in [1.82, 2.24) is 0 Å². The Labute approximate surface area is 108 Å². The molecular formula is C16H18O2. The highest BCUT2D eigenvalue weighted by molar-refractivity contribution is 5.96. The molecule has 1 aromatic rings. The Balaban J connectivity index is 1.87. The van der Waals surface area contributed by atoms with Gasteiger partial charge in [0.1, 0.15) is 11.9 Å². The molecule has 0 bridgehead atoms. The second-order valence-electron chi connectivity index (χ2n) is 5.11. The van der Waals surface area contributed by atoms with E-state index in [1.807, 2.05) is 30.3 Å². The van der Waals surface area contributed by atoms with E-state index in [1.54, 1.807) is 0 Å². The fourth-order valence-electron chi connectivity index (χ4n) is 2.84. The van der Waals surface area contributed by atoms with E-state index < -0.39 is 0 Å². The minimum absolute atomic E-state index is 0.0736. The first-order chi connectivity index (χ1) is 8.84. The van der Waals surface area contributed by atoms with Gasteiger partial charge >= 0.3 is 0 Å². The maximum Gasteiger partial charge on any atom is 0.166 e. The first kappa shape index (κ1) is 11.5. The normalized spacial score (nSPS) is 24.2. The molecule has 1 unspecified atom stereocenters. The highest BCUT2D eigenvalue weighted by Gasteiger charge is 2.30. The SMILES string of the molecule is O=C1CC(c2ccccc2)OC2=C1CCCCC2. The number of carbonyl (C=O) groups is 1. The third-order valence-corrected chi connectivity index (χ3v) is 3.83. The number of rotatable bonds is 1. The number of hydrogen-bond acceptors (Lipinski definition) is 2. The van der Waals surface area contributed by atoms with E-state index in [-0.39, 0.29) is 6.10 Å². The summed E-state index contributed by atoms with van der Waals surface area (Å²) in [4.78, 5) is 12.2. The summed E-state index contributed by atoms with van der Waals surface area (Å²) in [5, 5.41) is 0. The van der Waals surface area contributed by atoms with E-state index in [2.05, 4.69) is 0 Å². The molecule has 0 amide bonds. The number of carbonyl (C=O) groups excluding carboxylic acids is 1. The van der Waals surface area contributed by atoms with Gasteiger partial charge in [0.05, 0.1) is 6.42 Å². The topological polar surface area (TPSA) is 26.3 Å². The number of allylic oxidation sites excluding steroid dienone is 2. The molecule has 1 atom stereocenters. The molecule has 1 aliphatic heterocycles. The molecular weight excluding hydrogens is 224 g/mol. The molecule has 94 valence electrons. The van der Waals surface area contributed by atoms with Gasteiger partial charge in [0, 0.05) is 12.0 Å². The first-order valence-corrected chi connectivity index (χ1v) is 6.81. The molecule has 2 nitrogen and oxygen atoms in total. The molecule has 1 heterocycles. The van der Waals surface area contributed by atoms with Crippen LogP contribution in [0.1, 0.15) is 50.2 Å². The zero-order valence-electron chi connectivity index (χ0n) is 10.5. The molecule has 3 rings (SSSR count). The van der Waals surface area contributed by atoms with Crippen molar-refractivity contribution in [3.8, 4) is 0 Å². The predicted octanol–water partition coefficient (Wildman–Crippen LogP) is 3.94. The second kappa shape index (κ2) is 4.97. The molecule has 1 aromatic carbocycles. The number of ketones is 1. The second-order valence-corrected chi connectivity index (χ2v) is 5.11. The Morgan fingerprint density at radius 1 is 1.00 bits per heavy atom. The monoisotopic (exact) mass is 242 g/mol. The van der Waals surface area contributed by atoms with Crippen molar-refractivity contribution >= 4 is 5.78 Å². The summed E-state index contributed by atoms with van der Waals surface area (Å²) < 4.78 is 6.09. The summed E-state index contributed by atoms with van der Waals surface area (Å²) in [6.45, 7) is 0. The van der Waals surface area contributed by atoms with E-state index >= 15 is 0 Å². The molecule has 0 fully saturated rings. The molecule has 18 heavy (non-hydrogen) atoms. The van der Waals surface area contributed by atoms with Crippen LogP contribution in [0.25, 0.3) is 0 Å². The van der Waals surface area contributed by atoms with Crippen molar-refractivity contribution < 1.29 is 9.53 Å². The first-order valence-electron chi connectivity index (χ1n) is 6.81. The number of benzene rings is 1. The Bertz CT molecular complexity index is 473. The lowest BCUT2D eigenvalue weighted by atomic mass is 9.94. The molecule has 0 radical (unpaired) electrons. The van der Waals surface area contributed by atoms with Crippen molar-refractivity contribution in [3.63, 3.8) is 0 Å². The van der Waals surface area contributed by atoms with Crippen LogP contribution in [0.3, 0.4) is 0 Å². The smallest absolute Gasteiger partial charge is 0.166 e. The average Bonchev–Trinajstić information content (AvgIpc) is 2.65. The molecule has 0 saturated heterocycles. The van der Waals surface area contributed by atoms with Crippen LogP contribution in [0, 0.1) is 0 Å². The maximum absolute atomic E-state index is 12.2. The molecule has 0 saturated carbocycles. The zero-order chi connectivity index (χ0) is 12.4. The van der Waals surface area contributed by atoms with Crippen LogP contribution < -0.4 is 0 Å². The minimum atomic E-state index is -0.0736. The van der Waals surface area contributed by atoms with Gasteiger partial charge in [-0.1, -0.05) is 36.8 Å². The van der Waals surface area contributed by atoms with Crippen molar-refractivity contribution in [2.45, 2.75) is 44.6 Å². The summed E-state index contributed by atoms with van der Waals surface area (Å²) in [5.41, 5.74) is 2.08. The number of ether oxygens (including phenoxy) is 1. The van der Waals surface area contributed by atoms with E-state index in [0.717, 1.165) is 42.6 Å². The van der Waals surface area contributed by atoms with Crippen LogP contribution in [0.5, 0.6) is 0 Å². The standard InChI is InChI=1S/C16H18O2/c17-14-11-16(12-7-3-1-4-8-12)18-15-10-6-2-5-9-13(14)15/h1,3-4,7-8,16H,2,5-6,9-11H2. The molecule has 2 heteroatoms. The van der Waals surface area contributed by atoms with Crippen molar-refractivity contribution in [2.24, 2.45) is 0 Å². The van der Waals surface area contributed by atoms with Gasteiger partial charge in [0.25, 0.3) is 0 Å². The highest BCUT2D eigenvalue weighted by atomic mass is 16.5. The Kier molecular flexibility index (Phi) is 3.18.